The molecule has 26 heavy (non-hydrogen) atoms. The first-order valence-corrected chi connectivity index (χ1v) is 9.14. The Labute approximate surface area is 153 Å². The Hall–Kier alpha value is -2.70. The van der Waals surface area contributed by atoms with Crippen molar-refractivity contribution in [1.82, 2.24) is 24.8 Å². The molecule has 2 heterocycles. The van der Waals surface area contributed by atoms with E-state index in [1.807, 2.05) is 42.2 Å². The topological polar surface area (TPSA) is 71.3 Å². The molecule has 1 fully saturated rings. The summed E-state index contributed by atoms with van der Waals surface area (Å²) in [5, 5.41) is 8.17. The Morgan fingerprint density at radius 1 is 1.23 bits per heavy atom. The number of carbonyl (C=O) groups excluding carboxylic acids is 2. The third-order valence-electron chi connectivity index (χ3n) is 4.61. The van der Waals surface area contributed by atoms with Gasteiger partial charge in [-0.1, -0.05) is 35.5 Å². The van der Waals surface area contributed by atoms with Gasteiger partial charge in [0, 0.05) is 26.1 Å². The fourth-order valence-electron chi connectivity index (χ4n) is 3.13. The van der Waals surface area contributed by atoms with Crippen molar-refractivity contribution >= 4 is 11.8 Å². The molecule has 0 atom stereocenters. The molecule has 2 aromatic rings. The van der Waals surface area contributed by atoms with Gasteiger partial charge in [0.25, 0.3) is 0 Å². The van der Waals surface area contributed by atoms with Crippen molar-refractivity contribution in [3.05, 3.63) is 47.8 Å². The molecule has 0 radical (unpaired) electrons. The summed E-state index contributed by atoms with van der Waals surface area (Å²) in [6, 6.07) is 9.93. The van der Waals surface area contributed by atoms with Crippen LogP contribution in [0.2, 0.25) is 0 Å². The highest BCUT2D eigenvalue weighted by atomic mass is 16.2. The van der Waals surface area contributed by atoms with Gasteiger partial charge in [-0.05, 0) is 25.3 Å². The number of benzene rings is 1. The summed E-state index contributed by atoms with van der Waals surface area (Å²) in [5.41, 5.74) is 1.82. The number of rotatable bonds is 7. The van der Waals surface area contributed by atoms with Gasteiger partial charge in [-0.3, -0.25) is 9.59 Å². The molecule has 1 aromatic carbocycles. The third-order valence-corrected chi connectivity index (χ3v) is 4.61. The Morgan fingerprint density at radius 2 is 2.04 bits per heavy atom. The van der Waals surface area contributed by atoms with E-state index in [0.717, 1.165) is 30.6 Å². The number of hydrogen-bond acceptors (Lipinski definition) is 4. The lowest BCUT2D eigenvalue weighted by Gasteiger charge is -2.25. The summed E-state index contributed by atoms with van der Waals surface area (Å²) in [5.74, 6) is 0.170. The lowest BCUT2D eigenvalue weighted by atomic mass is 10.1. The van der Waals surface area contributed by atoms with Crippen LogP contribution in [0.3, 0.4) is 0 Å². The second kappa shape index (κ2) is 8.60. The molecular weight excluding hydrogens is 330 g/mol. The van der Waals surface area contributed by atoms with Crippen molar-refractivity contribution in [1.29, 1.82) is 0 Å². The second-order valence-corrected chi connectivity index (χ2v) is 6.57. The van der Waals surface area contributed by atoms with Gasteiger partial charge in [0.05, 0.1) is 12.7 Å². The van der Waals surface area contributed by atoms with Crippen LogP contribution in [0.15, 0.2) is 36.5 Å². The van der Waals surface area contributed by atoms with Gasteiger partial charge in [0.2, 0.25) is 11.8 Å². The Morgan fingerprint density at radius 3 is 2.77 bits per heavy atom. The van der Waals surface area contributed by atoms with Gasteiger partial charge >= 0.3 is 0 Å². The molecule has 1 aliphatic heterocycles. The predicted molar refractivity (Wildman–Crippen MR) is 96.8 cm³/mol. The maximum atomic E-state index is 12.6. The molecule has 1 aromatic heterocycles. The molecule has 0 aliphatic carbocycles. The van der Waals surface area contributed by atoms with Crippen LogP contribution in [0.25, 0.3) is 0 Å². The zero-order chi connectivity index (χ0) is 18.4. The molecule has 1 aliphatic rings. The monoisotopic (exact) mass is 355 g/mol. The highest BCUT2D eigenvalue weighted by molar-refractivity contribution is 5.77. The first kappa shape index (κ1) is 18.1. The Bertz CT molecular complexity index is 743. The summed E-state index contributed by atoms with van der Waals surface area (Å²) in [4.78, 5) is 28.1. The van der Waals surface area contributed by atoms with Crippen molar-refractivity contribution in [3.8, 4) is 0 Å². The summed E-state index contributed by atoms with van der Waals surface area (Å²) >= 11 is 0. The van der Waals surface area contributed by atoms with E-state index in [-0.39, 0.29) is 18.4 Å². The van der Waals surface area contributed by atoms with E-state index in [1.165, 1.54) is 0 Å². The average molecular weight is 355 g/mol. The maximum Gasteiger partial charge on any atom is 0.244 e. The first-order valence-electron chi connectivity index (χ1n) is 9.14. The minimum Gasteiger partial charge on any atom is -0.337 e. The van der Waals surface area contributed by atoms with Crippen LogP contribution in [0.4, 0.5) is 0 Å². The van der Waals surface area contributed by atoms with Crippen LogP contribution in [0.5, 0.6) is 0 Å². The normalized spacial score (nSPS) is 14.5. The van der Waals surface area contributed by atoms with E-state index in [0.29, 0.717) is 26.1 Å². The van der Waals surface area contributed by atoms with Gasteiger partial charge in [-0.25, -0.2) is 4.68 Å². The molecule has 7 nitrogen and oxygen atoms in total. The van der Waals surface area contributed by atoms with Gasteiger partial charge in [0.15, 0.2) is 0 Å². The number of likely N-dealkylation sites (N-methyl/N-ethyl adjacent to an activating group) is 1. The van der Waals surface area contributed by atoms with Crippen molar-refractivity contribution in [3.63, 3.8) is 0 Å². The Balaban J connectivity index is 1.57. The van der Waals surface area contributed by atoms with Crippen LogP contribution in [-0.4, -0.2) is 49.7 Å². The largest absolute Gasteiger partial charge is 0.337 e. The van der Waals surface area contributed by atoms with E-state index in [2.05, 4.69) is 10.3 Å². The highest BCUT2D eigenvalue weighted by Gasteiger charge is 2.20. The average Bonchev–Trinajstić information content (AvgIpc) is 3.09. The van der Waals surface area contributed by atoms with Crippen LogP contribution < -0.4 is 0 Å². The summed E-state index contributed by atoms with van der Waals surface area (Å²) in [7, 11) is 0. The number of hydrogen-bond donors (Lipinski definition) is 0. The van der Waals surface area contributed by atoms with Crippen LogP contribution in [0, 0.1) is 0 Å². The van der Waals surface area contributed by atoms with Crippen molar-refractivity contribution in [2.45, 2.75) is 45.8 Å². The van der Waals surface area contributed by atoms with E-state index < -0.39 is 0 Å². The summed E-state index contributed by atoms with van der Waals surface area (Å²) in [6.07, 6.45) is 4.36. The van der Waals surface area contributed by atoms with E-state index >= 15 is 0 Å². The van der Waals surface area contributed by atoms with Crippen LogP contribution >= 0.6 is 0 Å². The third kappa shape index (κ3) is 4.68. The SMILES string of the molecule is CCN(Cc1ccccc1)C(=O)Cn1cc(CN2CCCCC2=O)nn1. The van der Waals surface area contributed by atoms with E-state index in [1.54, 1.807) is 15.8 Å². The zero-order valence-electron chi connectivity index (χ0n) is 15.2. The number of likely N-dealkylation sites (tertiary alicyclic amines) is 1. The fourth-order valence-corrected chi connectivity index (χ4v) is 3.13. The predicted octanol–water partition coefficient (Wildman–Crippen LogP) is 1.84. The molecular formula is C19H25N5O2. The molecule has 3 rings (SSSR count). The minimum absolute atomic E-state index is 0.00171. The Kier molecular flexibility index (Phi) is 5.99. The fraction of sp³-hybridized carbons (Fsp3) is 0.474. The van der Waals surface area contributed by atoms with Gasteiger partial charge in [0.1, 0.15) is 12.2 Å². The van der Waals surface area contributed by atoms with E-state index in [4.69, 9.17) is 0 Å². The molecule has 0 N–H and O–H groups in total. The summed E-state index contributed by atoms with van der Waals surface area (Å²) < 4.78 is 1.56. The molecule has 0 bridgehead atoms. The lowest BCUT2D eigenvalue weighted by Crippen LogP contribution is -2.34. The molecule has 0 unspecified atom stereocenters. The lowest BCUT2D eigenvalue weighted by molar-refractivity contribution is -0.134. The van der Waals surface area contributed by atoms with Gasteiger partial charge in [-0.15, -0.1) is 5.10 Å². The van der Waals surface area contributed by atoms with Crippen molar-refractivity contribution in [2.24, 2.45) is 0 Å². The molecule has 138 valence electrons. The summed E-state index contributed by atoms with van der Waals surface area (Å²) in [6.45, 7) is 4.58. The standard InChI is InChI=1S/C19H25N5O2/c1-2-22(12-16-8-4-3-5-9-16)19(26)15-24-14-17(20-21-24)13-23-11-7-6-10-18(23)25/h3-5,8-9,14H,2,6-7,10-13,15H2,1H3. The van der Waals surface area contributed by atoms with Crippen LogP contribution in [0.1, 0.15) is 37.4 Å². The number of nitrogens with zero attached hydrogens (tertiary/aromatic N) is 5. The molecule has 0 saturated carbocycles. The maximum absolute atomic E-state index is 12.6. The second-order valence-electron chi connectivity index (χ2n) is 6.57. The molecule has 2 amide bonds. The quantitative estimate of drug-likeness (QED) is 0.760. The van der Waals surface area contributed by atoms with Crippen LogP contribution in [-0.2, 0) is 29.2 Å². The van der Waals surface area contributed by atoms with Gasteiger partial charge in [-0.2, -0.15) is 0 Å². The number of aromatic nitrogens is 3. The smallest absolute Gasteiger partial charge is 0.244 e. The number of carbonyl (C=O) groups is 2. The number of piperidine rings is 1. The van der Waals surface area contributed by atoms with Gasteiger partial charge < -0.3 is 9.80 Å². The molecule has 7 heteroatoms. The molecule has 0 spiro atoms. The van der Waals surface area contributed by atoms with Crippen molar-refractivity contribution in [2.75, 3.05) is 13.1 Å². The number of amides is 2. The minimum atomic E-state index is 0.00171. The molecule has 1 saturated heterocycles. The first-order chi connectivity index (χ1) is 12.7. The van der Waals surface area contributed by atoms with Crippen molar-refractivity contribution < 1.29 is 9.59 Å². The highest BCUT2D eigenvalue weighted by Crippen LogP contribution is 2.13. The van der Waals surface area contributed by atoms with E-state index in [9.17, 15) is 9.59 Å². The zero-order valence-corrected chi connectivity index (χ0v) is 15.2.